The minimum Gasteiger partial charge on any atom is -0.420 e. The van der Waals surface area contributed by atoms with Crippen molar-refractivity contribution >= 4 is 35.0 Å². The van der Waals surface area contributed by atoms with Crippen molar-refractivity contribution < 1.29 is 31.5 Å². The van der Waals surface area contributed by atoms with E-state index in [0.717, 1.165) is 17.8 Å². The second kappa shape index (κ2) is 10.1. The lowest BCUT2D eigenvalue weighted by molar-refractivity contribution is -0.141. The van der Waals surface area contributed by atoms with E-state index >= 15 is 0 Å². The van der Waals surface area contributed by atoms with E-state index in [9.17, 15) is 26.7 Å². The zero-order chi connectivity index (χ0) is 25.1. The molecule has 0 aliphatic heterocycles. The third kappa shape index (κ3) is 6.80. The summed E-state index contributed by atoms with van der Waals surface area (Å²) in [6.45, 7) is 1.50. The molecule has 3 rings (SSSR count). The fourth-order valence-electron chi connectivity index (χ4n) is 2.86. The molecule has 1 amide bonds. The Labute approximate surface area is 200 Å². The molecule has 5 nitrogen and oxygen atoms in total. The number of halogens is 6. The van der Waals surface area contributed by atoms with Gasteiger partial charge in [-0.2, -0.15) is 13.2 Å². The highest BCUT2D eigenvalue weighted by atomic mass is 35.5. The van der Waals surface area contributed by atoms with Crippen LogP contribution in [0.4, 0.5) is 27.6 Å². The molecule has 180 valence electrons. The van der Waals surface area contributed by atoms with Crippen molar-refractivity contribution in [3.63, 3.8) is 0 Å². The molecule has 0 N–H and O–H groups in total. The van der Waals surface area contributed by atoms with Crippen molar-refractivity contribution in [3.8, 4) is 17.0 Å². The Morgan fingerprint density at radius 1 is 1.03 bits per heavy atom. The molecule has 0 aliphatic carbocycles. The van der Waals surface area contributed by atoms with Crippen LogP contribution in [0.25, 0.3) is 11.3 Å². The molecule has 0 saturated carbocycles. The maximum Gasteiger partial charge on any atom is 0.487 e. The van der Waals surface area contributed by atoms with E-state index in [1.807, 2.05) is 0 Å². The highest BCUT2D eigenvalue weighted by molar-refractivity contribution is 8.00. The quantitative estimate of drug-likeness (QED) is 0.155. The van der Waals surface area contributed by atoms with Crippen molar-refractivity contribution in [2.75, 3.05) is 11.9 Å². The first-order valence-corrected chi connectivity index (χ1v) is 10.9. The van der Waals surface area contributed by atoms with E-state index in [2.05, 4.69) is 14.7 Å². The molecule has 1 atom stereocenters. The average molecular weight is 518 g/mol. The number of benzene rings is 2. The summed E-state index contributed by atoms with van der Waals surface area (Å²) in [5, 5.41) is -1.07. The summed E-state index contributed by atoms with van der Waals surface area (Å²) < 4.78 is 69.9. The van der Waals surface area contributed by atoms with E-state index in [1.54, 1.807) is 30.3 Å². The number of thioether (sulfide) groups is 1. The van der Waals surface area contributed by atoms with E-state index in [0.29, 0.717) is 11.3 Å². The van der Waals surface area contributed by atoms with Crippen LogP contribution in [-0.4, -0.2) is 33.7 Å². The lowest BCUT2D eigenvalue weighted by Crippen LogP contribution is -2.33. The summed E-state index contributed by atoms with van der Waals surface area (Å²) in [6, 6.07) is 14.3. The lowest BCUT2D eigenvalue weighted by Gasteiger charge is -2.21. The number of anilines is 1. The predicted molar refractivity (Wildman–Crippen MR) is 119 cm³/mol. The number of aromatic nitrogens is 2. The zero-order valence-electron chi connectivity index (χ0n) is 17.7. The van der Waals surface area contributed by atoms with Gasteiger partial charge >= 0.3 is 11.7 Å². The summed E-state index contributed by atoms with van der Waals surface area (Å²) in [5.74, 6) is -0.679. The van der Waals surface area contributed by atoms with Gasteiger partial charge in [0.2, 0.25) is 5.91 Å². The second-order valence-corrected chi connectivity index (χ2v) is 8.73. The minimum absolute atomic E-state index is 0.0742. The van der Waals surface area contributed by atoms with Crippen LogP contribution in [0, 0.1) is 0 Å². The zero-order valence-corrected chi connectivity index (χ0v) is 19.3. The smallest absolute Gasteiger partial charge is 0.420 e. The predicted octanol–water partition coefficient (Wildman–Crippen LogP) is 6.47. The fraction of sp³-hybridized carbons (Fsp3) is 0.227. The maximum absolute atomic E-state index is 13.4. The summed E-state index contributed by atoms with van der Waals surface area (Å²) in [5.41, 5.74) is -4.11. The highest BCUT2D eigenvalue weighted by Crippen LogP contribution is 2.33. The van der Waals surface area contributed by atoms with Crippen molar-refractivity contribution in [1.82, 2.24) is 9.97 Å². The highest BCUT2D eigenvalue weighted by Gasteiger charge is 2.34. The van der Waals surface area contributed by atoms with Crippen molar-refractivity contribution in [1.29, 1.82) is 0 Å². The molecule has 0 spiro atoms. The Balaban J connectivity index is 1.80. The van der Waals surface area contributed by atoms with Gasteiger partial charge in [0.05, 0.1) is 10.9 Å². The summed E-state index contributed by atoms with van der Waals surface area (Å²) >= 11 is 5.49. The van der Waals surface area contributed by atoms with Gasteiger partial charge in [-0.05, 0) is 37.3 Å². The number of rotatable bonds is 7. The Kier molecular flexibility index (Phi) is 7.67. The van der Waals surface area contributed by atoms with Gasteiger partial charge in [-0.1, -0.05) is 42.1 Å². The SMILES string of the molecule is C[C@@H](Sc1nc(-c2ccccc2)cc(C(F)(F)F)n1)C(=O)N(C)c1ccc(OC(F)(F)Cl)cc1. The summed E-state index contributed by atoms with van der Waals surface area (Å²) in [6.07, 6.45) is -4.70. The number of hydrogen-bond acceptors (Lipinski definition) is 5. The van der Waals surface area contributed by atoms with Gasteiger partial charge in [-0.15, -0.1) is 8.78 Å². The van der Waals surface area contributed by atoms with Crippen LogP contribution in [0.1, 0.15) is 12.6 Å². The normalized spacial score (nSPS) is 12.8. The van der Waals surface area contributed by atoms with Gasteiger partial charge in [0.25, 0.3) is 0 Å². The van der Waals surface area contributed by atoms with Crippen molar-refractivity contribution in [3.05, 3.63) is 66.4 Å². The van der Waals surface area contributed by atoms with E-state index in [1.165, 1.54) is 43.1 Å². The van der Waals surface area contributed by atoms with E-state index < -0.39 is 28.6 Å². The van der Waals surface area contributed by atoms with Crippen molar-refractivity contribution in [2.45, 2.75) is 29.1 Å². The van der Waals surface area contributed by atoms with E-state index in [4.69, 9.17) is 11.6 Å². The molecule has 12 heteroatoms. The van der Waals surface area contributed by atoms with Crippen molar-refractivity contribution in [2.24, 2.45) is 0 Å². The third-order valence-electron chi connectivity index (χ3n) is 4.48. The molecule has 34 heavy (non-hydrogen) atoms. The molecule has 0 fully saturated rings. The van der Waals surface area contributed by atoms with Gasteiger partial charge < -0.3 is 9.64 Å². The van der Waals surface area contributed by atoms with Crippen LogP contribution in [-0.2, 0) is 11.0 Å². The minimum atomic E-state index is -4.70. The molecule has 0 saturated heterocycles. The number of ether oxygens (including phenoxy) is 1. The monoisotopic (exact) mass is 517 g/mol. The molecule has 0 radical (unpaired) electrons. The first-order chi connectivity index (χ1) is 15.8. The third-order valence-corrected chi connectivity index (χ3v) is 5.51. The molecule has 0 unspecified atom stereocenters. The number of carbonyl (C=O) groups excluding carboxylic acids is 1. The van der Waals surface area contributed by atoms with Gasteiger partial charge in [0.15, 0.2) is 5.16 Å². The van der Waals surface area contributed by atoms with E-state index in [-0.39, 0.29) is 16.6 Å². The van der Waals surface area contributed by atoms with Gasteiger partial charge in [0, 0.05) is 29.9 Å². The van der Waals surface area contributed by atoms with Gasteiger partial charge in [-0.25, -0.2) is 9.97 Å². The number of amides is 1. The average Bonchev–Trinajstić information content (AvgIpc) is 2.77. The molecule has 1 aromatic heterocycles. The summed E-state index contributed by atoms with van der Waals surface area (Å²) in [7, 11) is 1.44. The molecule has 0 bridgehead atoms. The Morgan fingerprint density at radius 3 is 2.21 bits per heavy atom. The number of alkyl halides is 6. The van der Waals surface area contributed by atoms with Gasteiger partial charge in [-0.3, -0.25) is 4.79 Å². The number of hydrogen-bond donors (Lipinski definition) is 0. The van der Waals surface area contributed by atoms with Crippen LogP contribution in [0.15, 0.2) is 65.8 Å². The fourth-order valence-corrected chi connectivity index (χ4v) is 3.83. The first-order valence-electron chi connectivity index (χ1n) is 9.65. The largest absolute Gasteiger partial charge is 0.487 e. The van der Waals surface area contributed by atoms with Gasteiger partial charge in [0.1, 0.15) is 11.4 Å². The van der Waals surface area contributed by atoms with Crippen LogP contribution >= 0.6 is 23.4 Å². The second-order valence-electron chi connectivity index (χ2n) is 6.98. The first kappa shape index (κ1) is 25.7. The van der Waals surface area contributed by atoms with Crippen LogP contribution < -0.4 is 9.64 Å². The number of nitrogens with zero attached hydrogens (tertiary/aromatic N) is 3. The Morgan fingerprint density at radius 2 is 1.65 bits per heavy atom. The Bertz CT molecular complexity index is 1140. The molecular formula is C22H17ClF5N3O2S. The molecule has 2 aromatic carbocycles. The maximum atomic E-state index is 13.4. The standard InChI is InChI=1S/C22H17ClF5N3O2S/c1-13(19(32)31(2)15-8-10-16(11-9-15)33-22(23,27)28)34-20-29-17(14-6-4-3-5-7-14)12-18(30-20)21(24,25)26/h3-13H,1-2H3/t13-/m1/s1. The number of carbonyl (C=O) groups is 1. The molecule has 0 aliphatic rings. The topological polar surface area (TPSA) is 55.3 Å². The lowest BCUT2D eigenvalue weighted by atomic mass is 10.1. The summed E-state index contributed by atoms with van der Waals surface area (Å²) in [4.78, 5) is 21.9. The Hall–Kier alpha value is -2.92. The van der Waals surface area contributed by atoms with Crippen LogP contribution in [0.5, 0.6) is 5.75 Å². The molecular weight excluding hydrogens is 501 g/mol. The molecule has 1 heterocycles. The molecule has 3 aromatic rings. The van der Waals surface area contributed by atoms with Crippen LogP contribution in [0.2, 0.25) is 0 Å². The van der Waals surface area contributed by atoms with Crippen LogP contribution in [0.3, 0.4) is 0 Å².